The second kappa shape index (κ2) is 9.63. The summed E-state index contributed by atoms with van der Waals surface area (Å²) in [4.78, 5) is 28.6. The van der Waals surface area contributed by atoms with E-state index in [1.54, 1.807) is 36.4 Å². The van der Waals surface area contributed by atoms with Gasteiger partial charge in [-0.2, -0.15) is 0 Å². The first-order valence-electron chi connectivity index (χ1n) is 10.2. The first-order valence-corrected chi connectivity index (χ1v) is 10.2. The number of nitrogens with zero attached hydrogens (tertiary/aromatic N) is 1. The van der Waals surface area contributed by atoms with Crippen molar-refractivity contribution in [2.24, 2.45) is 0 Å². The highest BCUT2D eigenvalue weighted by Gasteiger charge is 2.22. The van der Waals surface area contributed by atoms with Gasteiger partial charge in [0.2, 0.25) is 0 Å². The van der Waals surface area contributed by atoms with E-state index in [1.807, 2.05) is 19.9 Å². The molecule has 7 nitrogen and oxygen atoms in total. The normalized spacial score (nSPS) is 14.5. The van der Waals surface area contributed by atoms with Gasteiger partial charge in [0.15, 0.2) is 0 Å². The molecule has 1 saturated heterocycles. The number of esters is 1. The number of rotatable bonds is 6. The number of piperazine rings is 1. The van der Waals surface area contributed by atoms with Crippen LogP contribution in [0.4, 0.5) is 11.4 Å². The van der Waals surface area contributed by atoms with E-state index in [2.05, 4.69) is 17.3 Å². The van der Waals surface area contributed by atoms with Crippen LogP contribution in [-0.4, -0.2) is 58.3 Å². The van der Waals surface area contributed by atoms with Crippen molar-refractivity contribution in [2.75, 3.05) is 50.6 Å². The van der Waals surface area contributed by atoms with Crippen LogP contribution in [0.3, 0.4) is 0 Å². The molecule has 1 aliphatic rings. The first-order chi connectivity index (χ1) is 14.4. The third-order valence-electron chi connectivity index (χ3n) is 5.11. The van der Waals surface area contributed by atoms with Gasteiger partial charge >= 0.3 is 5.97 Å². The number of hydrogen-bond acceptors (Lipinski definition) is 5. The molecule has 0 radical (unpaired) electrons. The smallest absolute Gasteiger partial charge is 0.337 e. The molecule has 1 fully saturated rings. The Morgan fingerprint density at radius 2 is 1.67 bits per heavy atom. The van der Waals surface area contributed by atoms with E-state index in [-0.39, 0.29) is 12.0 Å². The van der Waals surface area contributed by atoms with Crippen molar-refractivity contribution in [1.82, 2.24) is 0 Å². The number of carbonyl (C=O) groups is 2. The maximum Gasteiger partial charge on any atom is 0.337 e. The first kappa shape index (κ1) is 21.6. The van der Waals surface area contributed by atoms with Crippen LogP contribution in [0.2, 0.25) is 0 Å². The van der Waals surface area contributed by atoms with Crippen LogP contribution in [0.25, 0.3) is 0 Å². The summed E-state index contributed by atoms with van der Waals surface area (Å²) < 4.78 is 10.5. The lowest BCUT2D eigenvalue weighted by atomic mass is 10.1. The summed E-state index contributed by atoms with van der Waals surface area (Å²) in [5.41, 5.74) is 2.42. The van der Waals surface area contributed by atoms with Crippen LogP contribution in [0, 0.1) is 0 Å². The highest BCUT2D eigenvalue weighted by Crippen LogP contribution is 2.28. The lowest BCUT2D eigenvalue weighted by Crippen LogP contribution is -3.12. The fraction of sp³-hybridized carbons (Fsp3) is 0.391. The average molecular weight is 413 g/mol. The van der Waals surface area contributed by atoms with E-state index in [4.69, 9.17) is 9.47 Å². The molecule has 0 unspecified atom stereocenters. The standard InChI is InChI=1S/C23H29N3O4/c1-16(2)30-19-8-5-17(6-9-19)22(27)24-20-15-18(23(28)29-4)7-10-21(20)26-13-11-25(3)12-14-26/h5-10,15-16H,11-14H2,1-4H3,(H,24,27)/p+1. The molecule has 1 heterocycles. The number of amides is 1. The van der Waals surface area contributed by atoms with Gasteiger partial charge in [-0.1, -0.05) is 0 Å². The summed E-state index contributed by atoms with van der Waals surface area (Å²) >= 11 is 0. The minimum absolute atomic E-state index is 0.0683. The number of hydrogen-bond donors (Lipinski definition) is 2. The van der Waals surface area contributed by atoms with E-state index in [9.17, 15) is 9.59 Å². The predicted molar refractivity (Wildman–Crippen MR) is 117 cm³/mol. The SMILES string of the molecule is COC(=O)c1ccc(N2CC[NH+](C)CC2)c(NC(=O)c2ccc(OC(C)C)cc2)c1. The van der Waals surface area contributed by atoms with Crippen molar-refractivity contribution < 1.29 is 24.0 Å². The molecule has 1 aliphatic heterocycles. The largest absolute Gasteiger partial charge is 0.491 e. The predicted octanol–water partition coefficient (Wildman–Crippen LogP) is 1.85. The molecule has 2 aromatic carbocycles. The maximum absolute atomic E-state index is 12.9. The molecule has 0 aromatic heterocycles. The van der Waals surface area contributed by atoms with Crippen LogP contribution in [-0.2, 0) is 4.74 Å². The van der Waals surface area contributed by atoms with E-state index in [0.717, 1.165) is 37.6 Å². The topological polar surface area (TPSA) is 72.3 Å². The summed E-state index contributed by atoms with van der Waals surface area (Å²) in [7, 11) is 3.52. The molecule has 0 atom stereocenters. The third-order valence-corrected chi connectivity index (χ3v) is 5.11. The Morgan fingerprint density at radius 3 is 2.27 bits per heavy atom. The van der Waals surface area contributed by atoms with Crippen LogP contribution in [0.1, 0.15) is 34.6 Å². The minimum Gasteiger partial charge on any atom is -0.491 e. The number of nitrogens with one attached hydrogen (secondary N) is 2. The van der Waals surface area contributed by atoms with Gasteiger partial charge in [-0.3, -0.25) is 4.79 Å². The Bertz CT molecular complexity index is 888. The van der Waals surface area contributed by atoms with Gasteiger partial charge in [-0.15, -0.1) is 0 Å². The Hall–Kier alpha value is -3.06. The molecule has 7 heteroatoms. The Balaban J connectivity index is 1.84. The molecular weight excluding hydrogens is 382 g/mol. The van der Waals surface area contributed by atoms with Gasteiger partial charge in [0.1, 0.15) is 5.75 Å². The third kappa shape index (κ3) is 5.30. The second-order valence-electron chi connectivity index (χ2n) is 7.81. The number of ether oxygens (including phenoxy) is 2. The van der Waals surface area contributed by atoms with Gasteiger partial charge in [0, 0.05) is 5.56 Å². The second-order valence-corrected chi connectivity index (χ2v) is 7.81. The van der Waals surface area contributed by atoms with E-state index in [1.165, 1.54) is 12.0 Å². The van der Waals surface area contributed by atoms with Crippen molar-refractivity contribution in [3.8, 4) is 5.75 Å². The fourth-order valence-corrected chi connectivity index (χ4v) is 3.44. The highest BCUT2D eigenvalue weighted by molar-refractivity contribution is 6.07. The summed E-state index contributed by atoms with van der Waals surface area (Å²) in [6.07, 6.45) is 0.0683. The monoisotopic (exact) mass is 412 g/mol. The van der Waals surface area contributed by atoms with Crippen molar-refractivity contribution in [3.63, 3.8) is 0 Å². The number of likely N-dealkylation sites (N-methyl/N-ethyl adjacent to an activating group) is 1. The molecule has 0 bridgehead atoms. The molecular formula is C23H30N3O4+. The van der Waals surface area contributed by atoms with E-state index >= 15 is 0 Å². The zero-order chi connectivity index (χ0) is 21.7. The van der Waals surface area contributed by atoms with Gasteiger partial charge in [0.05, 0.1) is 63.4 Å². The van der Waals surface area contributed by atoms with E-state index < -0.39 is 5.97 Å². The van der Waals surface area contributed by atoms with Gasteiger partial charge in [-0.05, 0) is 56.3 Å². The molecule has 2 N–H and O–H groups in total. The molecule has 0 spiro atoms. The lowest BCUT2D eigenvalue weighted by molar-refractivity contribution is -0.880. The number of quaternary nitrogens is 1. The molecule has 3 rings (SSSR count). The summed E-state index contributed by atoms with van der Waals surface area (Å²) in [6.45, 7) is 7.71. The average Bonchev–Trinajstić information content (AvgIpc) is 2.74. The molecule has 30 heavy (non-hydrogen) atoms. The summed E-state index contributed by atoms with van der Waals surface area (Å²) in [5.74, 6) is 0.0408. The number of methoxy groups -OCH3 is 1. The van der Waals surface area contributed by atoms with Crippen molar-refractivity contribution in [3.05, 3.63) is 53.6 Å². The van der Waals surface area contributed by atoms with Crippen molar-refractivity contribution >= 4 is 23.3 Å². The van der Waals surface area contributed by atoms with Crippen LogP contribution in [0.5, 0.6) is 5.75 Å². The Labute approximate surface area is 177 Å². The van der Waals surface area contributed by atoms with E-state index in [0.29, 0.717) is 16.8 Å². The highest BCUT2D eigenvalue weighted by atomic mass is 16.5. The fourth-order valence-electron chi connectivity index (χ4n) is 3.44. The number of carbonyl (C=O) groups excluding carboxylic acids is 2. The zero-order valence-electron chi connectivity index (χ0n) is 18.0. The molecule has 1 amide bonds. The molecule has 0 aliphatic carbocycles. The Morgan fingerprint density at radius 1 is 1.03 bits per heavy atom. The lowest BCUT2D eigenvalue weighted by Gasteiger charge is -2.33. The Kier molecular flexibility index (Phi) is 6.95. The number of benzene rings is 2. The van der Waals surface area contributed by atoms with Crippen LogP contribution in [0.15, 0.2) is 42.5 Å². The maximum atomic E-state index is 12.9. The van der Waals surface area contributed by atoms with Gasteiger partial charge < -0.3 is 24.6 Å². The zero-order valence-corrected chi connectivity index (χ0v) is 18.0. The summed E-state index contributed by atoms with van der Waals surface area (Å²) in [5, 5.41) is 2.98. The van der Waals surface area contributed by atoms with Crippen LogP contribution >= 0.6 is 0 Å². The minimum atomic E-state index is -0.435. The van der Waals surface area contributed by atoms with Crippen LogP contribution < -0.4 is 19.9 Å². The quantitative estimate of drug-likeness (QED) is 0.709. The van der Waals surface area contributed by atoms with Crippen molar-refractivity contribution in [2.45, 2.75) is 20.0 Å². The van der Waals surface area contributed by atoms with Gasteiger partial charge in [0.25, 0.3) is 5.91 Å². The van der Waals surface area contributed by atoms with Gasteiger partial charge in [-0.25, -0.2) is 4.79 Å². The van der Waals surface area contributed by atoms with Crippen molar-refractivity contribution in [1.29, 1.82) is 0 Å². The molecule has 160 valence electrons. The number of anilines is 2. The molecule has 0 saturated carbocycles. The summed E-state index contributed by atoms with van der Waals surface area (Å²) in [6, 6.07) is 12.3. The molecule has 2 aromatic rings.